The largest absolute Gasteiger partial charge is 0.495 e. The van der Waals surface area contributed by atoms with Crippen LogP contribution >= 0.6 is 23.2 Å². The summed E-state index contributed by atoms with van der Waals surface area (Å²) in [6, 6.07) is 6.13. The molecule has 5 rings (SSSR count). The van der Waals surface area contributed by atoms with Gasteiger partial charge in [0.15, 0.2) is 0 Å². The third-order valence-corrected chi connectivity index (χ3v) is 11.1. The van der Waals surface area contributed by atoms with Crippen molar-refractivity contribution in [2.75, 3.05) is 66.4 Å². The van der Waals surface area contributed by atoms with E-state index in [4.69, 9.17) is 37.4 Å². The molecule has 0 radical (unpaired) electrons. The van der Waals surface area contributed by atoms with Gasteiger partial charge < -0.3 is 24.4 Å². The average molecular weight is 756 g/mol. The number of halogens is 2. The predicted molar refractivity (Wildman–Crippen MR) is 203 cm³/mol. The van der Waals surface area contributed by atoms with E-state index in [1.165, 1.54) is 18.8 Å². The molecule has 1 amide bonds. The zero-order chi connectivity index (χ0) is 37.9. The Labute approximate surface area is 315 Å². The normalized spacial score (nSPS) is 19.5. The minimum absolute atomic E-state index is 0.137. The maximum absolute atomic E-state index is 14.2. The number of carbonyl (C=O) groups excluding carboxylic acids is 1. The third kappa shape index (κ3) is 8.01. The number of hydrogen-bond donors (Lipinski definition) is 1. The first-order valence-electron chi connectivity index (χ1n) is 17.4. The fraction of sp³-hybridized carbons (Fsp3) is 0.541. The molecule has 15 heteroatoms. The molecule has 0 spiro atoms. The number of hydrogen-bond acceptors (Lipinski definition) is 11. The lowest BCUT2D eigenvalue weighted by molar-refractivity contribution is -0.129. The van der Waals surface area contributed by atoms with Crippen LogP contribution in [0.3, 0.4) is 0 Å². The fourth-order valence-corrected chi connectivity index (χ4v) is 7.66. The molecule has 0 saturated carbocycles. The quantitative estimate of drug-likeness (QED) is 0.207. The van der Waals surface area contributed by atoms with Gasteiger partial charge in [0.25, 0.3) is 11.5 Å². The zero-order valence-electron chi connectivity index (χ0n) is 31.1. The monoisotopic (exact) mass is 754 g/mol. The molecule has 1 aromatic carbocycles. The lowest BCUT2D eigenvalue weighted by atomic mass is 9.94. The van der Waals surface area contributed by atoms with Gasteiger partial charge in [-0.25, -0.2) is 4.98 Å². The lowest BCUT2D eigenvalue weighted by Gasteiger charge is -2.48. The Kier molecular flexibility index (Phi) is 12.4. The van der Waals surface area contributed by atoms with E-state index in [1.807, 2.05) is 6.08 Å². The molecule has 3 aromatic rings. The van der Waals surface area contributed by atoms with Crippen LogP contribution in [0.4, 0.5) is 5.95 Å². The second-order valence-corrected chi connectivity index (χ2v) is 14.7. The molecule has 2 aromatic heterocycles. The van der Waals surface area contributed by atoms with Gasteiger partial charge in [0.2, 0.25) is 5.95 Å². The van der Waals surface area contributed by atoms with Gasteiger partial charge in [0, 0.05) is 74.1 Å². The number of aromatic nitrogens is 3. The highest BCUT2D eigenvalue weighted by atomic mass is 35.5. The number of fused-ring (bicyclic) bond motifs is 1. The van der Waals surface area contributed by atoms with E-state index >= 15 is 0 Å². The number of pyridine rings is 1. The van der Waals surface area contributed by atoms with Gasteiger partial charge in [0.1, 0.15) is 28.8 Å². The molecule has 2 aliphatic heterocycles. The number of ether oxygens (including phenoxy) is 3. The minimum atomic E-state index is -0.459. The van der Waals surface area contributed by atoms with Gasteiger partial charge in [-0.3, -0.25) is 24.0 Å². The molecule has 0 bridgehead atoms. The number of methoxy groups -OCH3 is 2. The van der Waals surface area contributed by atoms with Gasteiger partial charge in [-0.1, -0.05) is 23.2 Å². The van der Waals surface area contributed by atoms with Crippen molar-refractivity contribution in [2.45, 2.75) is 70.8 Å². The first-order valence-corrected chi connectivity index (χ1v) is 18.2. The molecule has 2 fully saturated rings. The molecule has 2 aliphatic rings. The summed E-state index contributed by atoms with van der Waals surface area (Å²) >= 11 is 13.4. The molecular weight excluding hydrogens is 707 g/mol. The van der Waals surface area contributed by atoms with Crippen molar-refractivity contribution >= 4 is 46.1 Å². The maximum Gasteiger partial charge on any atom is 0.264 e. The van der Waals surface area contributed by atoms with Gasteiger partial charge in [-0.05, 0) is 59.7 Å². The van der Waals surface area contributed by atoms with E-state index in [0.717, 1.165) is 13.1 Å². The van der Waals surface area contributed by atoms with E-state index in [1.54, 1.807) is 30.3 Å². The van der Waals surface area contributed by atoms with E-state index in [0.29, 0.717) is 66.5 Å². The number of nitriles is 1. The number of likely N-dealkylation sites (N-methyl/N-ethyl adjacent to an activating group) is 1. The Hall–Kier alpha value is -3.93. The van der Waals surface area contributed by atoms with E-state index < -0.39 is 5.54 Å². The standard InChI is InChI=1S/C37H48Cl2N8O5/c1-22-20-46(21-23(2)44(22)6)37(3,4)17-25(18-40)34(48)45-11-9-26(10-12-45)52-14-13-47-33-24(19-42-36(41-5)43-33)15-27(35(47)49)30-31(38)28(50-7)16-29(51-8)32(30)39/h15-17,19,22-23,26H,9-14,20-21H2,1-8H3,(H,41,42,43). The fourth-order valence-electron chi connectivity index (χ4n) is 6.96. The van der Waals surface area contributed by atoms with Crippen molar-refractivity contribution in [1.29, 1.82) is 5.26 Å². The molecule has 2 unspecified atom stereocenters. The molecule has 0 aliphatic carbocycles. The van der Waals surface area contributed by atoms with Crippen LogP contribution in [-0.4, -0.2) is 120 Å². The number of anilines is 1. The Morgan fingerprint density at radius 2 is 1.71 bits per heavy atom. The van der Waals surface area contributed by atoms with Crippen molar-refractivity contribution in [3.63, 3.8) is 0 Å². The number of likely N-dealkylation sites (tertiary alicyclic amines) is 1. The Bertz CT molecular complexity index is 1900. The molecule has 4 heterocycles. The third-order valence-electron chi connectivity index (χ3n) is 10.3. The first-order chi connectivity index (χ1) is 24.7. The highest BCUT2D eigenvalue weighted by molar-refractivity contribution is 6.41. The van der Waals surface area contributed by atoms with Crippen molar-refractivity contribution in [3.8, 4) is 28.7 Å². The van der Waals surface area contributed by atoms with E-state index in [-0.39, 0.29) is 57.5 Å². The molecule has 1 N–H and O–H groups in total. The lowest BCUT2D eigenvalue weighted by Crippen LogP contribution is -2.60. The van der Waals surface area contributed by atoms with Crippen LogP contribution in [0.15, 0.2) is 34.8 Å². The van der Waals surface area contributed by atoms with E-state index in [9.17, 15) is 14.9 Å². The summed E-state index contributed by atoms with van der Waals surface area (Å²) < 4.78 is 18.7. The van der Waals surface area contributed by atoms with Crippen LogP contribution in [0.25, 0.3) is 22.2 Å². The van der Waals surface area contributed by atoms with Gasteiger partial charge in [-0.15, -0.1) is 0 Å². The molecule has 52 heavy (non-hydrogen) atoms. The summed E-state index contributed by atoms with van der Waals surface area (Å²) in [4.78, 5) is 43.1. The smallest absolute Gasteiger partial charge is 0.264 e. The number of nitrogens with zero attached hydrogens (tertiary/aromatic N) is 7. The van der Waals surface area contributed by atoms with Gasteiger partial charge in [0.05, 0.1) is 49.1 Å². The Morgan fingerprint density at radius 1 is 1.10 bits per heavy atom. The highest BCUT2D eigenvalue weighted by Gasteiger charge is 2.36. The topological polar surface area (TPSA) is 138 Å². The number of carbonyl (C=O) groups is 1. The summed E-state index contributed by atoms with van der Waals surface area (Å²) in [7, 11) is 6.77. The molecule has 2 saturated heterocycles. The van der Waals surface area contributed by atoms with Gasteiger partial charge >= 0.3 is 0 Å². The van der Waals surface area contributed by atoms with Crippen LogP contribution in [0, 0.1) is 11.3 Å². The van der Waals surface area contributed by atoms with Crippen LogP contribution < -0.4 is 20.3 Å². The van der Waals surface area contributed by atoms with Crippen LogP contribution in [0.2, 0.25) is 10.0 Å². The number of rotatable bonds is 11. The number of benzene rings is 1. The summed E-state index contributed by atoms with van der Waals surface area (Å²) in [5.41, 5.74) is 0.242. The summed E-state index contributed by atoms with van der Waals surface area (Å²) in [6.07, 6.45) is 4.50. The Morgan fingerprint density at radius 3 is 2.27 bits per heavy atom. The highest BCUT2D eigenvalue weighted by Crippen LogP contribution is 2.45. The maximum atomic E-state index is 14.2. The summed E-state index contributed by atoms with van der Waals surface area (Å²) in [6.45, 7) is 11.5. The van der Waals surface area contributed by atoms with Crippen molar-refractivity contribution < 1.29 is 19.0 Å². The SMILES string of the molecule is CNc1ncc2cc(-c3c(Cl)c(OC)cc(OC)c3Cl)c(=O)n(CCOC3CCN(C(=O)C(C#N)=CC(C)(C)N4CC(C)N(C)C(C)C4)CC3)c2n1. The predicted octanol–water partition coefficient (Wildman–Crippen LogP) is 5.08. The second kappa shape index (κ2) is 16.4. The van der Waals surface area contributed by atoms with Crippen molar-refractivity contribution in [2.24, 2.45) is 0 Å². The summed E-state index contributed by atoms with van der Waals surface area (Å²) in [5, 5.41) is 13.9. The number of nitrogens with one attached hydrogen (secondary N) is 1. The molecular formula is C37H48Cl2N8O5. The number of piperazine rings is 1. The van der Waals surface area contributed by atoms with E-state index in [2.05, 4.69) is 65.9 Å². The van der Waals surface area contributed by atoms with Crippen LogP contribution in [0.5, 0.6) is 11.5 Å². The summed E-state index contributed by atoms with van der Waals surface area (Å²) in [5.74, 6) is 0.705. The minimum Gasteiger partial charge on any atom is -0.495 e. The average Bonchev–Trinajstić information content (AvgIpc) is 3.13. The van der Waals surface area contributed by atoms with Gasteiger partial charge in [-0.2, -0.15) is 10.2 Å². The molecule has 2 atom stereocenters. The molecule has 280 valence electrons. The van der Waals surface area contributed by atoms with Crippen molar-refractivity contribution in [1.82, 2.24) is 29.2 Å². The number of amides is 1. The number of piperidine rings is 1. The van der Waals surface area contributed by atoms with Crippen LogP contribution in [-0.2, 0) is 16.1 Å². The van der Waals surface area contributed by atoms with Crippen LogP contribution in [0.1, 0.15) is 40.5 Å². The van der Waals surface area contributed by atoms with Crippen molar-refractivity contribution in [3.05, 3.63) is 50.4 Å². The first kappa shape index (κ1) is 39.3. The second-order valence-electron chi connectivity index (χ2n) is 14.0. The Balaban J connectivity index is 1.30. The molecule has 13 nitrogen and oxygen atoms in total. The zero-order valence-corrected chi connectivity index (χ0v) is 32.6.